The van der Waals surface area contributed by atoms with Gasteiger partial charge in [-0.05, 0) is 35.5 Å². The number of hydrogen-bond donors (Lipinski definition) is 0. The van der Waals surface area contributed by atoms with E-state index in [-0.39, 0.29) is 12.5 Å². The highest BCUT2D eigenvalue weighted by Crippen LogP contribution is 2.32. The van der Waals surface area contributed by atoms with Crippen molar-refractivity contribution < 1.29 is 23.9 Å². The predicted octanol–water partition coefficient (Wildman–Crippen LogP) is 1.59. The molecule has 0 N–H and O–H groups in total. The third-order valence-corrected chi connectivity index (χ3v) is 4.85. The first-order chi connectivity index (χ1) is 12.1. The van der Waals surface area contributed by atoms with Gasteiger partial charge in [-0.2, -0.15) is 0 Å². The van der Waals surface area contributed by atoms with E-state index in [1.54, 1.807) is 42.4 Å². The average molecular weight is 362 g/mol. The molecule has 0 atom stereocenters. The molecule has 25 heavy (non-hydrogen) atoms. The van der Waals surface area contributed by atoms with E-state index in [4.69, 9.17) is 9.47 Å². The fourth-order valence-electron chi connectivity index (χ4n) is 2.54. The van der Waals surface area contributed by atoms with Crippen molar-refractivity contribution in [1.29, 1.82) is 0 Å². The summed E-state index contributed by atoms with van der Waals surface area (Å²) in [6, 6.07) is 7.15. The normalized spacial score (nSPS) is 19.6. The zero-order valence-corrected chi connectivity index (χ0v) is 14.6. The lowest BCUT2D eigenvalue weighted by Gasteiger charge is -2.28. The number of benzene rings is 1. The van der Waals surface area contributed by atoms with Crippen molar-refractivity contribution in [3.63, 3.8) is 0 Å². The van der Waals surface area contributed by atoms with Gasteiger partial charge in [-0.15, -0.1) is 0 Å². The van der Waals surface area contributed by atoms with E-state index in [1.807, 2.05) is 0 Å². The van der Waals surface area contributed by atoms with Crippen LogP contribution in [-0.4, -0.2) is 66.8 Å². The van der Waals surface area contributed by atoms with Crippen LogP contribution < -0.4 is 4.74 Å². The summed E-state index contributed by atoms with van der Waals surface area (Å²) in [5, 5.41) is -0.425. The van der Waals surface area contributed by atoms with Crippen LogP contribution in [0.15, 0.2) is 29.2 Å². The van der Waals surface area contributed by atoms with Crippen LogP contribution in [0.3, 0.4) is 0 Å². The Balaban J connectivity index is 1.68. The number of nitrogens with zero attached hydrogens (tertiary/aromatic N) is 2. The maximum Gasteiger partial charge on any atom is 0.294 e. The summed E-state index contributed by atoms with van der Waals surface area (Å²) < 4.78 is 10.3. The van der Waals surface area contributed by atoms with Gasteiger partial charge in [-0.3, -0.25) is 19.3 Å². The van der Waals surface area contributed by atoms with Crippen molar-refractivity contribution in [1.82, 2.24) is 9.80 Å². The van der Waals surface area contributed by atoms with Crippen molar-refractivity contribution in [2.24, 2.45) is 0 Å². The number of thioether (sulfide) groups is 1. The lowest BCUT2D eigenvalue weighted by molar-refractivity contribution is -0.139. The molecule has 3 rings (SSSR count). The van der Waals surface area contributed by atoms with Gasteiger partial charge in [0.1, 0.15) is 12.3 Å². The largest absolute Gasteiger partial charge is 0.497 e. The summed E-state index contributed by atoms with van der Waals surface area (Å²) >= 11 is 0.847. The van der Waals surface area contributed by atoms with E-state index >= 15 is 0 Å². The number of morpholine rings is 1. The third kappa shape index (κ3) is 4.02. The van der Waals surface area contributed by atoms with Crippen LogP contribution in [0.4, 0.5) is 4.79 Å². The van der Waals surface area contributed by atoms with Crippen molar-refractivity contribution in [3.05, 3.63) is 34.7 Å². The Morgan fingerprint density at radius 3 is 2.56 bits per heavy atom. The summed E-state index contributed by atoms with van der Waals surface area (Å²) in [4.78, 5) is 39.8. The summed E-state index contributed by atoms with van der Waals surface area (Å²) in [5.74, 6) is 0.0325. The Morgan fingerprint density at radius 1 is 1.24 bits per heavy atom. The fourth-order valence-corrected chi connectivity index (χ4v) is 3.37. The zero-order chi connectivity index (χ0) is 17.8. The molecule has 2 aliphatic heterocycles. The van der Waals surface area contributed by atoms with Crippen LogP contribution in [0.1, 0.15) is 5.56 Å². The minimum absolute atomic E-state index is 0.232. The summed E-state index contributed by atoms with van der Waals surface area (Å²) in [7, 11) is 1.58. The van der Waals surface area contributed by atoms with Crippen LogP contribution >= 0.6 is 11.8 Å². The third-order valence-electron chi connectivity index (χ3n) is 3.94. The molecule has 1 aromatic rings. The SMILES string of the molecule is COc1ccc(/C=C2\SC(=O)N(CC(=O)N3CCOCC3)C2=O)cc1. The Labute approximate surface area is 149 Å². The molecule has 0 bridgehead atoms. The molecule has 1 aromatic carbocycles. The number of methoxy groups -OCH3 is 1. The van der Waals surface area contributed by atoms with Gasteiger partial charge in [0.05, 0.1) is 25.2 Å². The first kappa shape index (κ1) is 17.5. The monoisotopic (exact) mass is 362 g/mol. The highest BCUT2D eigenvalue weighted by Gasteiger charge is 2.37. The molecule has 8 heteroatoms. The lowest BCUT2D eigenvalue weighted by Crippen LogP contribution is -2.46. The summed E-state index contributed by atoms with van der Waals surface area (Å²) in [6.45, 7) is 1.69. The lowest BCUT2D eigenvalue weighted by atomic mass is 10.2. The fraction of sp³-hybridized carbons (Fsp3) is 0.353. The minimum atomic E-state index is -0.438. The molecule has 0 unspecified atom stereocenters. The van der Waals surface area contributed by atoms with E-state index in [0.29, 0.717) is 37.0 Å². The molecule has 2 aliphatic rings. The highest BCUT2D eigenvalue weighted by molar-refractivity contribution is 8.18. The van der Waals surface area contributed by atoms with E-state index in [2.05, 4.69) is 0 Å². The van der Waals surface area contributed by atoms with Crippen LogP contribution in [0, 0.1) is 0 Å². The van der Waals surface area contributed by atoms with Crippen molar-refractivity contribution in [3.8, 4) is 5.75 Å². The first-order valence-corrected chi connectivity index (χ1v) is 8.65. The second kappa shape index (κ2) is 7.71. The number of imide groups is 1. The second-order valence-corrected chi connectivity index (χ2v) is 6.53. The van der Waals surface area contributed by atoms with Crippen molar-refractivity contribution in [2.45, 2.75) is 0 Å². The number of hydrogen-bond acceptors (Lipinski definition) is 6. The zero-order valence-electron chi connectivity index (χ0n) is 13.8. The van der Waals surface area contributed by atoms with Gasteiger partial charge >= 0.3 is 0 Å². The number of carbonyl (C=O) groups is 3. The van der Waals surface area contributed by atoms with E-state index in [0.717, 1.165) is 22.2 Å². The molecule has 7 nitrogen and oxygen atoms in total. The maximum absolute atomic E-state index is 12.5. The predicted molar refractivity (Wildman–Crippen MR) is 93.1 cm³/mol. The Morgan fingerprint density at radius 2 is 1.92 bits per heavy atom. The summed E-state index contributed by atoms with van der Waals surface area (Å²) in [5.41, 5.74) is 0.783. The highest BCUT2D eigenvalue weighted by atomic mass is 32.2. The second-order valence-electron chi connectivity index (χ2n) is 5.53. The van der Waals surface area contributed by atoms with E-state index in [9.17, 15) is 14.4 Å². The van der Waals surface area contributed by atoms with Crippen molar-refractivity contribution >= 4 is 34.9 Å². The Hall–Kier alpha value is -2.32. The number of ether oxygens (including phenoxy) is 2. The Bertz CT molecular complexity index is 710. The molecule has 0 saturated carbocycles. The number of carbonyl (C=O) groups excluding carboxylic acids is 3. The van der Waals surface area contributed by atoms with Crippen LogP contribution in [0.5, 0.6) is 5.75 Å². The molecule has 2 fully saturated rings. The molecule has 0 radical (unpaired) electrons. The minimum Gasteiger partial charge on any atom is -0.497 e. The van der Waals surface area contributed by atoms with Gasteiger partial charge in [0.2, 0.25) is 5.91 Å². The quantitative estimate of drug-likeness (QED) is 0.757. The molecular weight excluding hydrogens is 344 g/mol. The smallest absolute Gasteiger partial charge is 0.294 e. The van der Waals surface area contributed by atoms with Gasteiger partial charge in [0.25, 0.3) is 11.1 Å². The molecule has 0 spiro atoms. The average Bonchev–Trinajstić information content (AvgIpc) is 2.90. The number of rotatable bonds is 4. The van der Waals surface area contributed by atoms with Gasteiger partial charge in [-0.1, -0.05) is 12.1 Å². The van der Waals surface area contributed by atoms with E-state index < -0.39 is 11.1 Å². The molecule has 2 saturated heterocycles. The number of amides is 3. The van der Waals surface area contributed by atoms with Crippen LogP contribution in [0.25, 0.3) is 6.08 Å². The molecule has 0 aliphatic carbocycles. The van der Waals surface area contributed by atoms with Crippen LogP contribution in [-0.2, 0) is 14.3 Å². The van der Waals surface area contributed by atoms with Crippen molar-refractivity contribution in [2.75, 3.05) is 40.0 Å². The standard InChI is InChI=1S/C17H18N2O5S/c1-23-13-4-2-12(3-5-13)10-14-16(21)19(17(22)25-14)11-15(20)18-6-8-24-9-7-18/h2-5,10H,6-9,11H2,1H3/b14-10-. The van der Waals surface area contributed by atoms with Gasteiger partial charge < -0.3 is 14.4 Å². The van der Waals surface area contributed by atoms with Crippen LogP contribution in [0.2, 0.25) is 0 Å². The van der Waals surface area contributed by atoms with Gasteiger partial charge in [0, 0.05) is 13.1 Å². The van der Waals surface area contributed by atoms with Gasteiger partial charge in [-0.25, -0.2) is 0 Å². The first-order valence-electron chi connectivity index (χ1n) is 7.83. The molecule has 132 valence electrons. The Kier molecular flexibility index (Phi) is 5.40. The van der Waals surface area contributed by atoms with Gasteiger partial charge in [0.15, 0.2) is 0 Å². The molecular formula is C17H18N2O5S. The maximum atomic E-state index is 12.5. The molecule has 3 amide bonds. The van der Waals surface area contributed by atoms with E-state index in [1.165, 1.54) is 0 Å². The summed E-state index contributed by atoms with van der Waals surface area (Å²) in [6.07, 6.45) is 1.64. The molecule has 2 heterocycles. The molecule has 0 aromatic heterocycles. The topological polar surface area (TPSA) is 76.2 Å².